The average Bonchev–Trinajstić information content (AvgIpc) is 2.93. The van der Waals surface area contributed by atoms with E-state index in [9.17, 15) is 4.79 Å². The van der Waals surface area contributed by atoms with Crippen LogP contribution in [0, 0.1) is 0 Å². The van der Waals surface area contributed by atoms with Gasteiger partial charge in [-0.2, -0.15) is 5.10 Å². The molecule has 1 aliphatic carbocycles. The second-order valence-electron chi connectivity index (χ2n) is 5.17. The number of carbonyl (C=O) groups is 1. The topological polar surface area (TPSA) is 65.7 Å². The highest BCUT2D eigenvalue weighted by molar-refractivity contribution is 6.29. The van der Waals surface area contributed by atoms with E-state index in [2.05, 4.69) is 10.1 Å². The summed E-state index contributed by atoms with van der Waals surface area (Å²) < 4.78 is 12.4. The van der Waals surface area contributed by atoms with Crippen molar-refractivity contribution in [2.24, 2.45) is 0 Å². The van der Waals surface area contributed by atoms with Crippen LogP contribution in [0.3, 0.4) is 0 Å². The molecule has 2 unspecified atom stereocenters. The van der Waals surface area contributed by atoms with E-state index in [4.69, 9.17) is 21.1 Å². The van der Waals surface area contributed by atoms with Crippen LogP contribution in [0.2, 0.25) is 5.15 Å². The van der Waals surface area contributed by atoms with Crippen LogP contribution in [-0.4, -0.2) is 34.3 Å². The van der Waals surface area contributed by atoms with Crippen molar-refractivity contribution in [2.75, 3.05) is 13.7 Å². The normalized spacial score (nSPS) is 27.6. The Hall–Kier alpha value is -1.66. The van der Waals surface area contributed by atoms with Crippen LogP contribution in [0.1, 0.15) is 30.0 Å². The number of halogens is 1. The van der Waals surface area contributed by atoms with Gasteiger partial charge in [-0.05, 0) is 6.42 Å². The standard InChI is InChI=1S/C13H12ClN3O3/c1-19-12(18)7-5-13(2-3-20-13)11-8(7)6-15-10-4-9(14)16-17(10)11/h4,6-7H,2-3,5H2,1H3. The highest BCUT2D eigenvalue weighted by atomic mass is 35.5. The smallest absolute Gasteiger partial charge is 0.313 e. The summed E-state index contributed by atoms with van der Waals surface area (Å²) in [6.45, 7) is 0.687. The molecule has 1 fully saturated rings. The van der Waals surface area contributed by atoms with Crippen LogP contribution < -0.4 is 0 Å². The quantitative estimate of drug-likeness (QED) is 0.748. The van der Waals surface area contributed by atoms with Crippen molar-refractivity contribution in [1.82, 2.24) is 14.6 Å². The molecule has 1 spiro atoms. The van der Waals surface area contributed by atoms with Crippen molar-refractivity contribution in [2.45, 2.75) is 24.4 Å². The minimum absolute atomic E-state index is 0.266. The highest BCUT2D eigenvalue weighted by Gasteiger charge is 2.54. The molecule has 6 nitrogen and oxygen atoms in total. The molecule has 0 N–H and O–H groups in total. The molecule has 20 heavy (non-hydrogen) atoms. The number of hydrogen-bond acceptors (Lipinski definition) is 5. The predicted octanol–water partition coefficient (Wildman–Crippen LogP) is 1.66. The Kier molecular flexibility index (Phi) is 2.38. The lowest BCUT2D eigenvalue weighted by Gasteiger charge is -2.39. The number of ether oxygens (including phenoxy) is 2. The molecule has 3 heterocycles. The van der Waals surface area contributed by atoms with E-state index >= 15 is 0 Å². The minimum atomic E-state index is -0.454. The number of esters is 1. The average molecular weight is 294 g/mol. The third kappa shape index (κ3) is 1.40. The number of carbonyl (C=O) groups excluding carboxylic acids is 1. The number of aromatic nitrogens is 3. The maximum atomic E-state index is 12.0. The third-order valence-electron chi connectivity index (χ3n) is 4.19. The maximum Gasteiger partial charge on any atom is 0.313 e. The SMILES string of the molecule is COC(=O)C1CC2(CCO2)c2c1cnc1cc(Cl)nn21. The molecular formula is C13H12ClN3O3. The molecule has 0 aromatic carbocycles. The zero-order valence-corrected chi connectivity index (χ0v) is 11.6. The highest BCUT2D eigenvalue weighted by Crippen LogP contribution is 2.53. The fourth-order valence-electron chi connectivity index (χ4n) is 3.22. The first-order chi connectivity index (χ1) is 9.64. The number of rotatable bonds is 1. The van der Waals surface area contributed by atoms with Gasteiger partial charge in [0, 0.05) is 24.2 Å². The van der Waals surface area contributed by atoms with Crippen LogP contribution in [0.15, 0.2) is 12.3 Å². The molecule has 0 saturated carbocycles. The summed E-state index contributed by atoms with van der Waals surface area (Å²) in [6.07, 6.45) is 3.15. The Bertz CT molecular complexity index is 723. The van der Waals surface area contributed by atoms with Crippen molar-refractivity contribution < 1.29 is 14.3 Å². The molecule has 0 bridgehead atoms. The van der Waals surface area contributed by atoms with Crippen molar-refractivity contribution in [1.29, 1.82) is 0 Å². The van der Waals surface area contributed by atoms with E-state index in [0.29, 0.717) is 23.8 Å². The van der Waals surface area contributed by atoms with Crippen molar-refractivity contribution >= 4 is 23.2 Å². The Morgan fingerprint density at radius 3 is 3.10 bits per heavy atom. The van der Waals surface area contributed by atoms with Gasteiger partial charge in [0.2, 0.25) is 0 Å². The predicted molar refractivity (Wildman–Crippen MR) is 69.6 cm³/mol. The molecule has 0 radical (unpaired) electrons. The summed E-state index contributed by atoms with van der Waals surface area (Å²) in [5.41, 5.74) is 1.92. The van der Waals surface area contributed by atoms with Gasteiger partial charge in [0.05, 0.1) is 25.3 Å². The lowest BCUT2D eigenvalue weighted by atomic mass is 9.90. The van der Waals surface area contributed by atoms with Crippen LogP contribution >= 0.6 is 11.6 Å². The van der Waals surface area contributed by atoms with E-state index in [-0.39, 0.29) is 11.9 Å². The zero-order chi connectivity index (χ0) is 13.9. The fraction of sp³-hybridized carbons (Fsp3) is 0.462. The summed E-state index contributed by atoms with van der Waals surface area (Å²) in [5.74, 6) is -0.617. The molecule has 2 aromatic heterocycles. The number of nitrogens with zero attached hydrogens (tertiary/aromatic N) is 3. The summed E-state index contributed by atoms with van der Waals surface area (Å²) in [6, 6.07) is 1.69. The first-order valence-electron chi connectivity index (χ1n) is 6.41. The molecule has 2 aromatic rings. The lowest BCUT2D eigenvalue weighted by molar-refractivity contribution is -0.164. The molecule has 2 aliphatic rings. The van der Waals surface area contributed by atoms with Gasteiger partial charge in [0.25, 0.3) is 0 Å². The molecular weight excluding hydrogens is 282 g/mol. The lowest BCUT2D eigenvalue weighted by Crippen LogP contribution is -2.40. The molecule has 4 rings (SSSR count). The van der Waals surface area contributed by atoms with Gasteiger partial charge in [-0.3, -0.25) is 4.79 Å². The zero-order valence-electron chi connectivity index (χ0n) is 10.8. The Morgan fingerprint density at radius 1 is 1.65 bits per heavy atom. The van der Waals surface area contributed by atoms with Crippen molar-refractivity contribution in [3.8, 4) is 0 Å². The second-order valence-corrected chi connectivity index (χ2v) is 5.56. The Morgan fingerprint density at radius 2 is 2.45 bits per heavy atom. The molecule has 7 heteroatoms. The number of methoxy groups -OCH3 is 1. The molecule has 104 valence electrons. The third-order valence-corrected chi connectivity index (χ3v) is 4.38. The van der Waals surface area contributed by atoms with Crippen LogP contribution in [-0.2, 0) is 19.9 Å². The van der Waals surface area contributed by atoms with E-state index in [1.165, 1.54) is 7.11 Å². The maximum absolute atomic E-state index is 12.0. The minimum Gasteiger partial charge on any atom is -0.469 e. The van der Waals surface area contributed by atoms with Crippen molar-refractivity contribution in [3.05, 3.63) is 28.7 Å². The van der Waals surface area contributed by atoms with E-state index < -0.39 is 5.60 Å². The van der Waals surface area contributed by atoms with Crippen LogP contribution in [0.25, 0.3) is 5.65 Å². The summed E-state index contributed by atoms with van der Waals surface area (Å²) in [7, 11) is 1.39. The van der Waals surface area contributed by atoms with E-state index in [1.807, 2.05) is 0 Å². The number of hydrogen-bond donors (Lipinski definition) is 0. The fourth-order valence-corrected chi connectivity index (χ4v) is 3.39. The van der Waals surface area contributed by atoms with E-state index in [0.717, 1.165) is 17.7 Å². The van der Waals surface area contributed by atoms with E-state index in [1.54, 1.807) is 16.8 Å². The van der Waals surface area contributed by atoms with Gasteiger partial charge < -0.3 is 9.47 Å². The van der Waals surface area contributed by atoms with Gasteiger partial charge in [-0.1, -0.05) is 11.6 Å². The summed E-state index contributed by atoms with van der Waals surface area (Å²) >= 11 is 5.96. The Labute approximate surface area is 119 Å². The Balaban J connectivity index is 1.98. The van der Waals surface area contributed by atoms with Gasteiger partial charge in [-0.25, -0.2) is 9.50 Å². The summed E-state index contributed by atoms with van der Waals surface area (Å²) in [5, 5.41) is 4.65. The van der Waals surface area contributed by atoms with Gasteiger partial charge in [0.1, 0.15) is 5.60 Å². The number of fused-ring (bicyclic) bond motifs is 4. The van der Waals surface area contributed by atoms with Gasteiger partial charge >= 0.3 is 5.97 Å². The molecule has 0 amide bonds. The second kappa shape index (κ2) is 3.93. The first-order valence-corrected chi connectivity index (χ1v) is 6.79. The summed E-state index contributed by atoms with van der Waals surface area (Å²) in [4.78, 5) is 16.3. The van der Waals surface area contributed by atoms with Gasteiger partial charge in [-0.15, -0.1) is 0 Å². The van der Waals surface area contributed by atoms with Crippen LogP contribution in [0.4, 0.5) is 0 Å². The van der Waals surface area contributed by atoms with Crippen molar-refractivity contribution in [3.63, 3.8) is 0 Å². The first kappa shape index (κ1) is 12.1. The molecule has 1 aliphatic heterocycles. The van der Waals surface area contributed by atoms with Gasteiger partial charge in [0.15, 0.2) is 10.8 Å². The molecule has 2 atom stereocenters. The van der Waals surface area contributed by atoms with Crippen LogP contribution in [0.5, 0.6) is 0 Å². The monoisotopic (exact) mass is 293 g/mol. The molecule has 1 saturated heterocycles. The largest absolute Gasteiger partial charge is 0.469 e.